The second-order valence-corrected chi connectivity index (χ2v) is 5.03. The zero-order valence-electron chi connectivity index (χ0n) is 9.46. The van der Waals surface area contributed by atoms with Crippen LogP contribution >= 0.6 is 0 Å². The van der Waals surface area contributed by atoms with Crippen LogP contribution in [0.5, 0.6) is 0 Å². The number of amides is 1. The van der Waals surface area contributed by atoms with Crippen LogP contribution in [0.2, 0.25) is 0 Å². The van der Waals surface area contributed by atoms with Crippen molar-refractivity contribution in [2.75, 3.05) is 0 Å². The number of rotatable bonds is 2. The maximum absolute atomic E-state index is 11.3. The highest BCUT2D eigenvalue weighted by Gasteiger charge is 2.34. The number of carbonyl (C=O) groups is 1. The zero-order valence-corrected chi connectivity index (χ0v) is 9.46. The summed E-state index contributed by atoms with van der Waals surface area (Å²) in [6.07, 6.45) is 0.871. The van der Waals surface area contributed by atoms with Crippen LogP contribution in [0, 0.1) is 11.3 Å². The van der Waals surface area contributed by atoms with Gasteiger partial charge in [-0.3, -0.25) is 5.41 Å². The van der Waals surface area contributed by atoms with E-state index in [-0.39, 0.29) is 23.4 Å². The van der Waals surface area contributed by atoms with E-state index in [4.69, 9.17) is 15.9 Å². The number of hydrogen-bond acceptors (Lipinski definition) is 3. The second kappa shape index (κ2) is 4.08. The van der Waals surface area contributed by atoms with Crippen molar-refractivity contribution in [3.8, 4) is 0 Å². The van der Waals surface area contributed by atoms with Crippen molar-refractivity contribution in [2.24, 2.45) is 11.7 Å². The van der Waals surface area contributed by atoms with Crippen LogP contribution in [0.15, 0.2) is 0 Å². The van der Waals surface area contributed by atoms with Gasteiger partial charge in [0.1, 0.15) is 6.10 Å². The Kier molecular flexibility index (Phi) is 3.21. The van der Waals surface area contributed by atoms with Gasteiger partial charge < -0.3 is 15.8 Å². The number of amidine groups is 1. The Morgan fingerprint density at radius 2 is 2.00 bits per heavy atom. The van der Waals surface area contributed by atoms with Crippen molar-refractivity contribution < 1.29 is 9.53 Å². The Morgan fingerprint density at radius 3 is 2.40 bits per heavy atom. The molecule has 0 aromatic carbocycles. The first-order chi connectivity index (χ1) is 6.78. The van der Waals surface area contributed by atoms with Gasteiger partial charge in [-0.1, -0.05) is 0 Å². The molecule has 0 heterocycles. The quantitative estimate of drug-likeness (QED) is 0.476. The Labute approximate surface area is 89.9 Å². The lowest BCUT2D eigenvalue weighted by Gasteiger charge is -2.34. The molecule has 15 heavy (non-hydrogen) atoms. The minimum absolute atomic E-state index is 0.0822. The maximum Gasteiger partial charge on any atom is 0.407 e. The highest BCUT2D eigenvalue weighted by Crippen LogP contribution is 2.29. The van der Waals surface area contributed by atoms with Gasteiger partial charge >= 0.3 is 6.09 Å². The van der Waals surface area contributed by atoms with Crippen LogP contribution in [-0.2, 0) is 4.74 Å². The average molecular weight is 213 g/mol. The third-order valence-electron chi connectivity index (χ3n) is 2.29. The normalized spacial score (nSPS) is 25.3. The predicted molar refractivity (Wildman–Crippen MR) is 57.8 cm³/mol. The fourth-order valence-electron chi connectivity index (χ4n) is 1.40. The summed E-state index contributed by atoms with van der Waals surface area (Å²) in [4.78, 5) is 11.3. The Hall–Kier alpha value is -1.26. The molecule has 0 saturated heterocycles. The summed E-state index contributed by atoms with van der Waals surface area (Å²) in [7, 11) is 0. The second-order valence-electron chi connectivity index (χ2n) is 5.03. The summed E-state index contributed by atoms with van der Waals surface area (Å²) in [5.74, 6) is 0.281. The van der Waals surface area contributed by atoms with Gasteiger partial charge in [-0.25, -0.2) is 4.79 Å². The van der Waals surface area contributed by atoms with Crippen LogP contribution in [0.4, 0.5) is 4.79 Å². The SMILES string of the molecule is CC(C)(C)NC(=O)OC1CC(C(=N)N)C1. The molecule has 1 aliphatic carbocycles. The van der Waals surface area contributed by atoms with Crippen LogP contribution in [-0.4, -0.2) is 23.6 Å². The number of hydrogen-bond donors (Lipinski definition) is 3. The van der Waals surface area contributed by atoms with Crippen LogP contribution < -0.4 is 11.1 Å². The van der Waals surface area contributed by atoms with Gasteiger partial charge in [0.25, 0.3) is 0 Å². The van der Waals surface area contributed by atoms with E-state index < -0.39 is 6.09 Å². The summed E-state index contributed by atoms with van der Waals surface area (Å²) in [5.41, 5.74) is 5.04. The zero-order chi connectivity index (χ0) is 11.6. The molecule has 1 fully saturated rings. The number of carbonyl (C=O) groups excluding carboxylic acids is 1. The predicted octanol–water partition coefficient (Wildman–Crippen LogP) is 1.23. The molecule has 1 amide bonds. The standard InChI is InChI=1S/C10H19N3O2/c1-10(2,3)13-9(14)15-7-4-6(5-7)8(11)12/h6-7H,4-5H2,1-3H3,(H3,11,12)(H,13,14). The smallest absolute Gasteiger partial charge is 0.407 e. The average Bonchev–Trinajstić information content (AvgIpc) is 1.91. The summed E-state index contributed by atoms with van der Waals surface area (Å²) in [6.45, 7) is 5.69. The van der Waals surface area contributed by atoms with Crippen molar-refractivity contribution in [1.82, 2.24) is 5.32 Å². The monoisotopic (exact) mass is 213 g/mol. The molecule has 1 aliphatic rings. The minimum atomic E-state index is -0.394. The Balaban J connectivity index is 2.22. The molecule has 0 bridgehead atoms. The van der Waals surface area contributed by atoms with Crippen LogP contribution in [0.1, 0.15) is 33.6 Å². The van der Waals surface area contributed by atoms with Crippen molar-refractivity contribution in [3.05, 3.63) is 0 Å². The van der Waals surface area contributed by atoms with E-state index in [9.17, 15) is 4.79 Å². The van der Waals surface area contributed by atoms with Gasteiger partial charge in [0, 0.05) is 11.5 Å². The molecule has 0 atom stereocenters. The number of nitrogens with two attached hydrogens (primary N) is 1. The van der Waals surface area contributed by atoms with Crippen molar-refractivity contribution in [1.29, 1.82) is 5.41 Å². The van der Waals surface area contributed by atoms with E-state index in [1.54, 1.807) is 0 Å². The first kappa shape index (κ1) is 11.8. The topological polar surface area (TPSA) is 88.2 Å². The summed E-state index contributed by atoms with van der Waals surface area (Å²) >= 11 is 0. The van der Waals surface area contributed by atoms with Crippen molar-refractivity contribution in [3.63, 3.8) is 0 Å². The molecule has 4 N–H and O–H groups in total. The van der Waals surface area contributed by atoms with Crippen molar-refractivity contribution >= 4 is 11.9 Å². The van der Waals surface area contributed by atoms with E-state index in [1.807, 2.05) is 20.8 Å². The van der Waals surface area contributed by atoms with E-state index in [2.05, 4.69) is 5.32 Å². The molecule has 5 heteroatoms. The lowest BCUT2D eigenvalue weighted by molar-refractivity contribution is 0.0322. The first-order valence-corrected chi connectivity index (χ1v) is 5.10. The van der Waals surface area contributed by atoms with Gasteiger partial charge in [0.2, 0.25) is 0 Å². The molecule has 0 aromatic rings. The Morgan fingerprint density at radius 1 is 1.47 bits per heavy atom. The van der Waals surface area contributed by atoms with Gasteiger partial charge in [-0.2, -0.15) is 0 Å². The van der Waals surface area contributed by atoms with E-state index in [1.165, 1.54) is 0 Å². The molecule has 0 radical (unpaired) electrons. The highest BCUT2D eigenvalue weighted by atomic mass is 16.6. The summed E-state index contributed by atoms with van der Waals surface area (Å²) < 4.78 is 5.14. The molecule has 0 spiro atoms. The lowest BCUT2D eigenvalue weighted by atomic mass is 9.81. The van der Waals surface area contributed by atoms with E-state index in [0.29, 0.717) is 12.8 Å². The third kappa shape index (κ3) is 3.77. The first-order valence-electron chi connectivity index (χ1n) is 5.10. The third-order valence-corrected chi connectivity index (χ3v) is 2.29. The van der Waals surface area contributed by atoms with E-state index in [0.717, 1.165) is 0 Å². The molecule has 1 saturated carbocycles. The highest BCUT2D eigenvalue weighted by molar-refractivity contribution is 5.80. The molecule has 86 valence electrons. The minimum Gasteiger partial charge on any atom is -0.446 e. The van der Waals surface area contributed by atoms with Gasteiger partial charge in [-0.15, -0.1) is 0 Å². The molecule has 0 unspecified atom stereocenters. The van der Waals surface area contributed by atoms with Crippen LogP contribution in [0.25, 0.3) is 0 Å². The van der Waals surface area contributed by atoms with Crippen LogP contribution in [0.3, 0.4) is 0 Å². The van der Waals surface area contributed by atoms with Gasteiger partial charge in [0.05, 0.1) is 5.84 Å². The van der Waals surface area contributed by atoms with Crippen molar-refractivity contribution in [2.45, 2.75) is 45.3 Å². The molecule has 0 aromatic heterocycles. The molecular formula is C10H19N3O2. The number of alkyl carbamates (subject to hydrolysis) is 1. The number of ether oxygens (including phenoxy) is 1. The van der Waals surface area contributed by atoms with E-state index >= 15 is 0 Å². The summed E-state index contributed by atoms with van der Waals surface area (Å²) in [5, 5.41) is 9.91. The maximum atomic E-state index is 11.3. The van der Waals surface area contributed by atoms with Gasteiger partial charge in [-0.05, 0) is 33.6 Å². The Bertz CT molecular complexity index is 264. The number of nitrogens with one attached hydrogen (secondary N) is 2. The molecule has 5 nitrogen and oxygen atoms in total. The van der Waals surface area contributed by atoms with Gasteiger partial charge in [0.15, 0.2) is 0 Å². The lowest BCUT2D eigenvalue weighted by Crippen LogP contribution is -2.46. The fraction of sp³-hybridized carbons (Fsp3) is 0.800. The largest absolute Gasteiger partial charge is 0.446 e. The molecule has 0 aliphatic heterocycles. The summed E-state index contributed by atoms with van der Waals surface area (Å²) in [6, 6.07) is 0. The molecular weight excluding hydrogens is 194 g/mol. The fourth-order valence-corrected chi connectivity index (χ4v) is 1.40. The molecule has 1 rings (SSSR count).